The number of aromatic nitrogens is 2. The summed E-state index contributed by atoms with van der Waals surface area (Å²) < 4.78 is 0. The highest BCUT2D eigenvalue weighted by molar-refractivity contribution is 7.98. The molecule has 2 aromatic carbocycles. The van der Waals surface area contributed by atoms with Crippen molar-refractivity contribution in [3.8, 4) is 0 Å². The maximum Gasteiger partial charge on any atom is 0.257 e. The number of allylic oxidation sites excluding steroid dienone is 2. The fraction of sp³-hybridized carbons (Fsp3) is 0.296. The predicted octanol–water partition coefficient (Wildman–Crippen LogP) is 6.88. The number of rotatable bonds is 4. The zero-order valence-electron chi connectivity index (χ0n) is 19.7. The second-order valence-corrected chi connectivity index (χ2v) is 11.7. The number of carbonyl (C=O) groups excluding carboxylic acids is 1. The van der Waals surface area contributed by atoms with Crippen molar-refractivity contribution < 1.29 is 4.79 Å². The number of halogens is 2. The van der Waals surface area contributed by atoms with Crippen LogP contribution in [-0.2, 0) is 10.5 Å². The third-order valence-electron chi connectivity index (χ3n) is 6.60. The van der Waals surface area contributed by atoms with Gasteiger partial charge in [-0.1, -0.05) is 79.1 Å². The predicted molar refractivity (Wildman–Crippen MR) is 143 cm³/mol. The molecule has 180 valence electrons. The Hall–Kier alpha value is -2.54. The maximum atomic E-state index is 13.5. The monoisotopic (exact) mass is 525 g/mol. The highest BCUT2D eigenvalue weighted by Gasteiger charge is 2.43. The number of thioether (sulfide) groups is 1. The molecule has 35 heavy (non-hydrogen) atoms. The number of H-pyrrole nitrogens is 1. The number of carbonyl (C=O) groups is 1. The zero-order valence-corrected chi connectivity index (χ0v) is 22.0. The van der Waals surface area contributed by atoms with E-state index < -0.39 is 5.92 Å². The van der Waals surface area contributed by atoms with Gasteiger partial charge in [-0.25, -0.2) is 4.98 Å². The van der Waals surface area contributed by atoms with Gasteiger partial charge >= 0.3 is 0 Å². The Morgan fingerprint density at radius 2 is 1.89 bits per heavy atom. The molecule has 1 aromatic heterocycles. The van der Waals surface area contributed by atoms with Crippen LogP contribution in [0, 0.1) is 12.3 Å². The molecule has 1 aliphatic carbocycles. The number of nitrogens with one attached hydrogen (secondary N) is 2. The summed E-state index contributed by atoms with van der Waals surface area (Å²) in [7, 11) is 0. The van der Waals surface area contributed by atoms with Gasteiger partial charge in [-0.15, -0.1) is 0 Å². The normalized spacial score (nSPS) is 18.7. The standard InChI is InChI=1S/C27H25Cl2N3O2S/c1-14-6-4-5-7-15(14)13-35-26-31-24-23(25(34)32-26)21(17-9-8-16(28)10-18(17)29)22-19(30-24)11-27(2,3)12-20(22)33/h4-10,21H,11-13H2,1-3H3,(H2,30,31,32,34)/t21-/m1/s1. The summed E-state index contributed by atoms with van der Waals surface area (Å²) in [5.74, 6) is 0.561. The first-order valence-corrected chi connectivity index (χ1v) is 13.2. The number of Topliss-reactive ketones (excluding diaryl/α,β-unsaturated/α-hetero) is 1. The van der Waals surface area contributed by atoms with E-state index in [1.807, 2.05) is 12.1 Å². The van der Waals surface area contributed by atoms with Gasteiger partial charge < -0.3 is 10.3 Å². The van der Waals surface area contributed by atoms with Crippen molar-refractivity contribution in [3.63, 3.8) is 0 Å². The molecular weight excluding hydrogens is 501 g/mol. The van der Waals surface area contributed by atoms with Crippen molar-refractivity contribution >= 4 is 46.6 Å². The Morgan fingerprint density at radius 1 is 1.11 bits per heavy atom. The van der Waals surface area contributed by atoms with Crippen LogP contribution in [0.1, 0.15) is 54.9 Å². The summed E-state index contributed by atoms with van der Waals surface area (Å²) in [6.45, 7) is 6.21. The van der Waals surface area contributed by atoms with E-state index in [1.54, 1.807) is 18.2 Å². The topological polar surface area (TPSA) is 74.8 Å². The van der Waals surface area contributed by atoms with E-state index in [9.17, 15) is 9.59 Å². The molecule has 8 heteroatoms. The van der Waals surface area contributed by atoms with Crippen molar-refractivity contribution in [1.29, 1.82) is 0 Å². The second kappa shape index (κ2) is 9.16. The van der Waals surface area contributed by atoms with Crippen LogP contribution in [0.15, 0.2) is 63.7 Å². The number of benzene rings is 2. The second-order valence-electron chi connectivity index (χ2n) is 9.91. The zero-order chi connectivity index (χ0) is 24.9. The Kier molecular flexibility index (Phi) is 6.32. The van der Waals surface area contributed by atoms with E-state index in [0.717, 1.165) is 5.70 Å². The van der Waals surface area contributed by atoms with Crippen LogP contribution >= 0.6 is 35.0 Å². The number of aromatic amines is 1. The number of anilines is 1. The maximum absolute atomic E-state index is 13.5. The molecule has 0 fully saturated rings. The van der Waals surface area contributed by atoms with Crippen molar-refractivity contribution in [3.05, 3.63) is 96.4 Å². The van der Waals surface area contributed by atoms with Gasteiger partial charge in [0.05, 0.1) is 5.56 Å². The lowest BCUT2D eigenvalue weighted by Gasteiger charge is -2.38. The van der Waals surface area contributed by atoms with Crippen LogP contribution in [0.25, 0.3) is 0 Å². The van der Waals surface area contributed by atoms with E-state index in [0.29, 0.717) is 56.3 Å². The summed E-state index contributed by atoms with van der Waals surface area (Å²) in [6, 6.07) is 13.3. The van der Waals surface area contributed by atoms with Gasteiger partial charge in [0.1, 0.15) is 5.82 Å². The van der Waals surface area contributed by atoms with E-state index in [1.165, 1.54) is 22.9 Å². The molecule has 5 nitrogen and oxygen atoms in total. The molecule has 2 N–H and O–H groups in total. The highest BCUT2D eigenvalue weighted by Crippen LogP contribution is 2.49. The molecule has 0 radical (unpaired) electrons. The fourth-order valence-corrected chi connectivity index (χ4v) is 6.38. The first kappa shape index (κ1) is 24.2. The third-order valence-corrected chi connectivity index (χ3v) is 8.08. The summed E-state index contributed by atoms with van der Waals surface area (Å²) in [5.41, 5.74) is 4.37. The third kappa shape index (κ3) is 4.67. The van der Waals surface area contributed by atoms with Crippen LogP contribution in [0.5, 0.6) is 0 Å². The van der Waals surface area contributed by atoms with E-state index in [2.05, 4.69) is 43.2 Å². The molecule has 0 saturated carbocycles. The Bertz CT molecular complexity index is 1440. The lowest BCUT2D eigenvalue weighted by molar-refractivity contribution is -0.118. The van der Waals surface area contributed by atoms with Crippen LogP contribution in [0.4, 0.5) is 5.82 Å². The minimum absolute atomic E-state index is 0.0165. The molecule has 3 aromatic rings. The number of hydrogen-bond acceptors (Lipinski definition) is 5. The quantitative estimate of drug-likeness (QED) is 0.286. The van der Waals surface area contributed by atoms with Crippen molar-refractivity contribution in [1.82, 2.24) is 9.97 Å². The fourth-order valence-electron chi connectivity index (χ4n) is 4.93. The number of ketones is 1. The first-order chi connectivity index (χ1) is 16.6. The Balaban J connectivity index is 1.61. The molecule has 0 bridgehead atoms. The highest BCUT2D eigenvalue weighted by atomic mass is 35.5. The number of nitrogens with zero attached hydrogens (tertiary/aromatic N) is 1. The number of fused-ring (bicyclic) bond motifs is 1. The molecule has 2 aliphatic rings. The molecule has 0 spiro atoms. The van der Waals surface area contributed by atoms with E-state index >= 15 is 0 Å². The molecule has 2 heterocycles. The Labute approximate surface area is 218 Å². The van der Waals surface area contributed by atoms with Crippen LogP contribution in [-0.4, -0.2) is 15.8 Å². The van der Waals surface area contributed by atoms with Gasteiger partial charge in [0.25, 0.3) is 5.56 Å². The minimum Gasteiger partial charge on any atom is -0.343 e. The van der Waals surface area contributed by atoms with E-state index in [-0.39, 0.29) is 16.8 Å². The SMILES string of the molecule is Cc1ccccc1CSc1nc2c(c(=O)[nH]1)[C@H](c1ccc(Cl)cc1Cl)C1=C(CC(C)(C)CC1=O)N2. The molecule has 5 rings (SSSR count). The lowest BCUT2D eigenvalue weighted by Crippen LogP contribution is -2.37. The van der Waals surface area contributed by atoms with Gasteiger partial charge in [0, 0.05) is 39.4 Å². The van der Waals surface area contributed by atoms with Crippen molar-refractivity contribution in [2.45, 2.75) is 50.4 Å². The van der Waals surface area contributed by atoms with Gasteiger partial charge in [0.15, 0.2) is 10.9 Å². The molecule has 1 aliphatic heterocycles. The van der Waals surface area contributed by atoms with E-state index in [4.69, 9.17) is 28.2 Å². The molecule has 0 saturated heterocycles. The largest absolute Gasteiger partial charge is 0.343 e. The average molecular weight is 526 g/mol. The minimum atomic E-state index is -0.610. The average Bonchev–Trinajstić information content (AvgIpc) is 2.76. The van der Waals surface area contributed by atoms with Crippen molar-refractivity contribution in [2.24, 2.45) is 5.41 Å². The summed E-state index contributed by atoms with van der Waals surface area (Å²) in [5, 5.41) is 4.78. The molecule has 0 unspecified atom stereocenters. The van der Waals surface area contributed by atoms with Gasteiger partial charge in [0.2, 0.25) is 0 Å². The molecule has 0 amide bonds. The van der Waals surface area contributed by atoms with Crippen LogP contribution in [0.2, 0.25) is 10.0 Å². The molecule has 1 atom stereocenters. The lowest BCUT2D eigenvalue weighted by atomic mass is 9.69. The molecular formula is C27H25Cl2N3O2S. The van der Waals surface area contributed by atoms with Crippen LogP contribution in [0.3, 0.4) is 0 Å². The smallest absolute Gasteiger partial charge is 0.257 e. The van der Waals surface area contributed by atoms with Crippen molar-refractivity contribution in [2.75, 3.05) is 5.32 Å². The van der Waals surface area contributed by atoms with Gasteiger partial charge in [-0.3, -0.25) is 9.59 Å². The number of aryl methyl sites for hydroxylation is 1. The summed E-state index contributed by atoms with van der Waals surface area (Å²) in [6.07, 6.45) is 1.08. The van der Waals surface area contributed by atoms with Gasteiger partial charge in [-0.2, -0.15) is 0 Å². The number of hydrogen-bond donors (Lipinski definition) is 2. The summed E-state index contributed by atoms with van der Waals surface area (Å²) >= 11 is 14.2. The Morgan fingerprint density at radius 3 is 2.63 bits per heavy atom. The first-order valence-electron chi connectivity index (χ1n) is 11.4. The summed E-state index contributed by atoms with van der Waals surface area (Å²) in [4.78, 5) is 34.6. The van der Waals surface area contributed by atoms with Gasteiger partial charge in [-0.05, 0) is 47.6 Å². The van der Waals surface area contributed by atoms with Crippen LogP contribution < -0.4 is 10.9 Å².